The highest BCUT2D eigenvalue weighted by atomic mass is 16.3. The normalized spacial score (nSPS) is 10.5. The van der Waals surface area contributed by atoms with Gasteiger partial charge in [-0.15, -0.1) is 0 Å². The van der Waals surface area contributed by atoms with Gasteiger partial charge < -0.3 is 5.11 Å². The molecule has 2 amide bonds. The van der Waals surface area contributed by atoms with E-state index in [9.17, 15) is 14.7 Å². The summed E-state index contributed by atoms with van der Waals surface area (Å²) >= 11 is 0. The van der Waals surface area contributed by atoms with Crippen molar-refractivity contribution in [2.24, 2.45) is 0 Å². The first-order valence-electron chi connectivity index (χ1n) is 10.8. The Kier molecular flexibility index (Phi) is 6.51. The van der Waals surface area contributed by atoms with E-state index >= 15 is 0 Å². The molecule has 164 valence electrons. The van der Waals surface area contributed by atoms with E-state index in [-0.39, 0.29) is 11.4 Å². The average Bonchev–Trinajstić information content (AvgIpc) is 2.87. The summed E-state index contributed by atoms with van der Waals surface area (Å²) in [7, 11) is 0. The molecule has 5 heteroatoms. The van der Waals surface area contributed by atoms with Crippen LogP contribution in [0.2, 0.25) is 0 Å². The van der Waals surface area contributed by atoms with Gasteiger partial charge in [0.1, 0.15) is 5.75 Å². The van der Waals surface area contributed by atoms with Crippen LogP contribution in [-0.4, -0.2) is 16.9 Å². The summed E-state index contributed by atoms with van der Waals surface area (Å²) in [6, 6.07) is 32.2. The van der Waals surface area contributed by atoms with Crippen LogP contribution in [0.3, 0.4) is 0 Å². The van der Waals surface area contributed by atoms with Gasteiger partial charge in [-0.1, -0.05) is 73.7 Å². The van der Waals surface area contributed by atoms with E-state index in [1.165, 1.54) is 9.80 Å². The van der Waals surface area contributed by atoms with Crippen molar-refractivity contribution in [3.05, 3.63) is 115 Å². The minimum absolute atomic E-state index is 0.0176. The van der Waals surface area contributed by atoms with Crippen LogP contribution in [0.15, 0.2) is 109 Å². The molecule has 0 aromatic heterocycles. The predicted octanol–water partition coefficient (Wildman–Crippen LogP) is 5.98. The molecule has 0 unspecified atom stereocenters. The molecule has 0 saturated carbocycles. The predicted molar refractivity (Wildman–Crippen MR) is 131 cm³/mol. The van der Waals surface area contributed by atoms with E-state index in [0.29, 0.717) is 29.0 Å². The summed E-state index contributed by atoms with van der Waals surface area (Å²) in [5.74, 6) is -1.54. The minimum atomic E-state index is -0.780. The highest BCUT2D eigenvalue weighted by molar-refractivity contribution is 6.47. The first kappa shape index (κ1) is 21.8. The molecule has 1 N–H and O–H groups in total. The van der Waals surface area contributed by atoms with Gasteiger partial charge in [0.2, 0.25) is 0 Å². The topological polar surface area (TPSA) is 60.9 Å². The molecular weight excluding hydrogens is 412 g/mol. The lowest BCUT2D eigenvalue weighted by Gasteiger charge is -2.28. The molecule has 0 fully saturated rings. The number of hydrogen-bond acceptors (Lipinski definition) is 3. The Labute approximate surface area is 193 Å². The van der Waals surface area contributed by atoms with Crippen molar-refractivity contribution in [3.63, 3.8) is 0 Å². The second-order valence-corrected chi connectivity index (χ2v) is 7.43. The number of nitrogens with zero attached hydrogens (tertiary/aromatic N) is 2. The van der Waals surface area contributed by atoms with Gasteiger partial charge in [-0.25, -0.2) is 0 Å². The molecule has 5 nitrogen and oxygen atoms in total. The standard InChI is InChI=1S/C28H24N2O3/c1-2-21-13-12-20-25(26(21)31)30(24-18-10-5-11-19-24)28(33)27(32)29(22-14-6-3-7-15-22)23-16-8-4-9-17-23/h3-20,31H,2H2,1H3. The van der Waals surface area contributed by atoms with Gasteiger partial charge in [-0.3, -0.25) is 19.4 Å². The van der Waals surface area contributed by atoms with E-state index in [1.54, 1.807) is 66.7 Å². The lowest BCUT2D eigenvalue weighted by Crippen LogP contribution is -2.41. The van der Waals surface area contributed by atoms with E-state index in [0.717, 1.165) is 0 Å². The van der Waals surface area contributed by atoms with Crippen LogP contribution >= 0.6 is 0 Å². The molecule has 0 aliphatic heterocycles. The van der Waals surface area contributed by atoms with Gasteiger partial charge in [0, 0.05) is 17.1 Å². The number of phenolic OH excluding ortho intramolecular Hbond substituents is 1. The fraction of sp³-hybridized carbons (Fsp3) is 0.0714. The number of rotatable bonds is 5. The highest BCUT2D eigenvalue weighted by Crippen LogP contribution is 2.37. The molecule has 0 saturated heterocycles. The van der Waals surface area contributed by atoms with E-state index < -0.39 is 11.8 Å². The van der Waals surface area contributed by atoms with Gasteiger partial charge in [0.25, 0.3) is 0 Å². The highest BCUT2D eigenvalue weighted by Gasteiger charge is 2.32. The van der Waals surface area contributed by atoms with Crippen LogP contribution < -0.4 is 9.80 Å². The third kappa shape index (κ3) is 4.48. The first-order valence-corrected chi connectivity index (χ1v) is 10.8. The summed E-state index contributed by atoms with van der Waals surface area (Å²) in [6.45, 7) is 1.92. The van der Waals surface area contributed by atoms with Gasteiger partial charge in [-0.2, -0.15) is 0 Å². The molecule has 0 spiro atoms. The van der Waals surface area contributed by atoms with Crippen molar-refractivity contribution in [2.75, 3.05) is 9.80 Å². The number of aromatic hydroxyl groups is 1. The number of amides is 2. The Balaban J connectivity index is 1.84. The second-order valence-electron chi connectivity index (χ2n) is 7.43. The van der Waals surface area contributed by atoms with Gasteiger partial charge in [0.15, 0.2) is 0 Å². The zero-order chi connectivity index (χ0) is 23.2. The molecule has 0 atom stereocenters. The number of carbonyl (C=O) groups is 2. The van der Waals surface area contributed by atoms with Crippen LogP contribution in [0.25, 0.3) is 0 Å². The summed E-state index contributed by atoms with van der Waals surface area (Å²) in [4.78, 5) is 30.2. The minimum Gasteiger partial charge on any atom is -0.505 e. The molecular formula is C28H24N2O3. The third-order valence-corrected chi connectivity index (χ3v) is 5.35. The number of anilines is 4. The quantitative estimate of drug-likeness (QED) is 0.391. The molecule has 0 aliphatic carbocycles. The maximum absolute atomic E-state index is 13.8. The maximum atomic E-state index is 13.8. The number of phenols is 1. The third-order valence-electron chi connectivity index (χ3n) is 5.35. The molecule has 0 radical (unpaired) electrons. The molecule has 0 bridgehead atoms. The second kappa shape index (κ2) is 9.83. The Bertz CT molecular complexity index is 1200. The van der Waals surface area contributed by atoms with Gasteiger partial charge in [0.05, 0.1) is 5.69 Å². The SMILES string of the molecule is CCc1cccc(N(C(=O)C(=O)N(c2ccccc2)c2ccccc2)c2ccccc2)c1O. The molecule has 0 heterocycles. The van der Waals surface area contributed by atoms with E-state index in [4.69, 9.17) is 0 Å². The van der Waals surface area contributed by atoms with Crippen molar-refractivity contribution >= 4 is 34.6 Å². The summed E-state index contributed by atoms with van der Waals surface area (Å²) in [5.41, 5.74) is 2.58. The molecule has 33 heavy (non-hydrogen) atoms. The largest absolute Gasteiger partial charge is 0.505 e. The number of aryl methyl sites for hydroxylation is 1. The Hall–Kier alpha value is -4.38. The van der Waals surface area contributed by atoms with Crippen molar-refractivity contribution in [1.82, 2.24) is 0 Å². The number of hydrogen-bond donors (Lipinski definition) is 1. The number of benzene rings is 4. The maximum Gasteiger partial charge on any atom is 0.321 e. The zero-order valence-electron chi connectivity index (χ0n) is 18.3. The molecule has 0 aliphatic rings. The Morgan fingerprint density at radius 3 is 1.48 bits per heavy atom. The molecule has 4 aromatic rings. The number of carbonyl (C=O) groups excluding carboxylic acids is 2. The number of para-hydroxylation sites is 4. The van der Waals surface area contributed by atoms with Crippen molar-refractivity contribution in [3.8, 4) is 5.75 Å². The van der Waals surface area contributed by atoms with Crippen molar-refractivity contribution < 1.29 is 14.7 Å². The monoisotopic (exact) mass is 436 g/mol. The zero-order valence-corrected chi connectivity index (χ0v) is 18.3. The van der Waals surface area contributed by atoms with Crippen LogP contribution in [0.5, 0.6) is 5.75 Å². The lowest BCUT2D eigenvalue weighted by molar-refractivity contribution is -0.135. The van der Waals surface area contributed by atoms with Crippen molar-refractivity contribution in [1.29, 1.82) is 0 Å². The van der Waals surface area contributed by atoms with E-state index in [2.05, 4.69) is 0 Å². The fourth-order valence-corrected chi connectivity index (χ4v) is 3.72. The smallest absolute Gasteiger partial charge is 0.321 e. The average molecular weight is 437 g/mol. The molecule has 4 rings (SSSR count). The van der Waals surface area contributed by atoms with Crippen LogP contribution in [0.4, 0.5) is 22.7 Å². The van der Waals surface area contributed by atoms with Crippen molar-refractivity contribution in [2.45, 2.75) is 13.3 Å². The van der Waals surface area contributed by atoms with Crippen LogP contribution in [0, 0.1) is 0 Å². The lowest BCUT2D eigenvalue weighted by atomic mass is 10.1. The molecule has 4 aromatic carbocycles. The van der Waals surface area contributed by atoms with Crippen LogP contribution in [-0.2, 0) is 16.0 Å². The van der Waals surface area contributed by atoms with E-state index in [1.807, 2.05) is 49.4 Å². The summed E-state index contributed by atoms with van der Waals surface area (Å²) in [6.07, 6.45) is 0.588. The summed E-state index contributed by atoms with van der Waals surface area (Å²) < 4.78 is 0. The first-order chi connectivity index (χ1) is 16.1. The van der Waals surface area contributed by atoms with Gasteiger partial charge >= 0.3 is 11.8 Å². The Morgan fingerprint density at radius 1 is 0.606 bits per heavy atom. The fourth-order valence-electron chi connectivity index (χ4n) is 3.72. The summed E-state index contributed by atoms with van der Waals surface area (Å²) in [5, 5.41) is 10.9. The van der Waals surface area contributed by atoms with Crippen LogP contribution in [0.1, 0.15) is 12.5 Å². The van der Waals surface area contributed by atoms with Gasteiger partial charge in [-0.05, 0) is 54.4 Å². The Morgan fingerprint density at radius 2 is 1.03 bits per heavy atom.